The molecule has 0 spiro atoms. The van der Waals surface area contributed by atoms with Gasteiger partial charge in [0.2, 0.25) is 11.9 Å². The summed E-state index contributed by atoms with van der Waals surface area (Å²) in [7, 11) is -16.6. The molecule has 1 unspecified atom stereocenters. The van der Waals surface area contributed by atoms with Crippen molar-refractivity contribution in [2.24, 2.45) is 0 Å². The fourth-order valence-electron chi connectivity index (χ4n) is 6.89. The Balaban J connectivity index is 1.20. The standard InChI is InChI=1S/C37H38FN7O14S4/c1-44(14-18-60(46,47)19-17-58-63(54,55)56)25-8-10-27-31(22-25)59-30-21-24(6-9-26(30)34(27)28-4-2-3-5-32(28)61(48,49)50)39-23-7-11-33(62(51,52)53)29(20-23)40-36-41-35(38)42-37(43-36)45-12-15-57-16-13-45/h2-11,20-22,34,39H,12-19H2,1H3,(H,48,49,50)(H,51,52,53)(H,54,55,56)(H,40,41,42,43). The van der Waals surface area contributed by atoms with Gasteiger partial charge >= 0.3 is 16.5 Å². The highest BCUT2D eigenvalue weighted by atomic mass is 32.3. The number of fused-ring (bicyclic) bond motifs is 2. The maximum Gasteiger partial charge on any atom is 0.397 e. The molecular weight excluding hydrogens is 914 g/mol. The van der Waals surface area contributed by atoms with E-state index in [-0.39, 0.29) is 51.8 Å². The highest BCUT2D eigenvalue weighted by Crippen LogP contribution is 2.50. The smallest absolute Gasteiger partial charge is 0.397 e. The lowest BCUT2D eigenvalue weighted by molar-refractivity contribution is 0.122. The SMILES string of the molecule is CN(CCS(=O)(=O)CCOS(=O)(=O)O)c1ccc2c(c1)Oc1cc(Nc3ccc(S(=O)(=O)O)c(Nc4nc(F)nc(N5CCOCC5)n4)c3)ccc1C2c1ccccc1S(=O)(=O)O. The quantitative estimate of drug-likeness (QED) is 0.0862. The predicted octanol–water partition coefficient (Wildman–Crippen LogP) is 3.78. The molecule has 4 aromatic carbocycles. The molecule has 5 aromatic rings. The molecule has 336 valence electrons. The van der Waals surface area contributed by atoms with Gasteiger partial charge < -0.3 is 29.9 Å². The molecule has 7 rings (SSSR count). The second-order valence-electron chi connectivity index (χ2n) is 14.1. The number of ether oxygens (including phenoxy) is 2. The fourth-order valence-corrected chi connectivity index (χ4v) is 9.75. The maximum absolute atomic E-state index is 14.6. The summed E-state index contributed by atoms with van der Waals surface area (Å²) in [5, 5.41) is 5.79. The van der Waals surface area contributed by atoms with Crippen LogP contribution in [0.25, 0.3) is 0 Å². The number of benzene rings is 4. The van der Waals surface area contributed by atoms with Crippen LogP contribution in [-0.2, 0) is 49.4 Å². The summed E-state index contributed by atoms with van der Waals surface area (Å²) in [4.78, 5) is 14.0. The van der Waals surface area contributed by atoms with Crippen molar-refractivity contribution in [3.8, 4) is 11.5 Å². The number of halogens is 1. The number of nitrogens with one attached hydrogen (secondary N) is 2. The van der Waals surface area contributed by atoms with Gasteiger partial charge in [0, 0.05) is 72.9 Å². The molecule has 3 heterocycles. The Kier molecular flexibility index (Phi) is 12.9. The van der Waals surface area contributed by atoms with Crippen molar-refractivity contribution in [1.82, 2.24) is 15.0 Å². The fraction of sp³-hybridized carbons (Fsp3) is 0.270. The number of hydrogen-bond acceptors (Lipinski definition) is 18. The van der Waals surface area contributed by atoms with E-state index >= 15 is 0 Å². The molecule has 21 nitrogen and oxygen atoms in total. The molecule has 0 aliphatic carbocycles. The van der Waals surface area contributed by atoms with Crippen LogP contribution in [0.5, 0.6) is 11.5 Å². The third-order valence-corrected chi connectivity index (χ3v) is 13.7. The molecule has 1 atom stereocenters. The van der Waals surface area contributed by atoms with Crippen LogP contribution in [0.3, 0.4) is 0 Å². The summed E-state index contributed by atoms with van der Waals surface area (Å²) < 4.78 is 156. The predicted molar refractivity (Wildman–Crippen MR) is 225 cm³/mol. The van der Waals surface area contributed by atoms with E-state index < -0.39 is 75.5 Å². The summed E-state index contributed by atoms with van der Waals surface area (Å²) in [6.45, 7) is 0.618. The second-order valence-corrected chi connectivity index (χ2v) is 20.3. The lowest BCUT2D eigenvalue weighted by atomic mass is 9.82. The molecule has 0 radical (unpaired) electrons. The summed E-state index contributed by atoms with van der Waals surface area (Å²) >= 11 is 0. The van der Waals surface area contributed by atoms with E-state index in [1.54, 1.807) is 65.4 Å². The van der Waals surface area contributed by atoms with E-state index in [1.807, 2.05) is 0 Å². The van der Waals surface area contributed by atoms with Crippen molar-refractivity contribution in [2.45, 2.75) is 15.7 Å². The molecule has 63 heavy (non-hydrogen) atoms. The molecule has 26 heteroatoms. The Morgan fingerprint density at radius 3 is 2.11 bits per heavy atom. The van der Waals surface area contributed by atoms with Gasteiger partial charge in [-0.3, -0.25) is 13.7 Å². The van der Waals surface area contributed by atoms with E-state index in [2.05, 4.69) is 29.8 Å². The zero-order valence-electron chi connectivity index (χ0n) is 32.8. The van der Waals surface area contributed by atoms with Crippen LogP contribution < -0.4 is 25.2 Å². The van der Waals surface area contributed by atoms with Crippen LogP contribution >= 0.6 is 0 Å². The Hall–Kier alpha value is -5.58. The number of hydrogen-bond donors (Lipinski definition) is 5. The molecule has 1 fully saturated rings. The van der Waals surface area contributed by atoms with Crippen LogP contribution in [0.1, 0.15) is 22.6 Å². The zero-order chi connectivity index (χ0) is 45.3. The Bertz CT molecular complexity index is 3010. The summed E-state index contributed by atoms with van der Waals surface area (Å²) in [5.74, 6) is -1.80. The Morgan fingerprint density at radius 2 is 1.41 bits per heavy atom. The number of morpholine rings is 1. The Labute approximate surface area is 361 Å². The van der Waals surface area contributed by atoms with Gasteiger partial charge in [-0.2, -0.15) is 44.6 Å². The first-order valence-electron chi connectivity index (χ1n) is 18.6. The third-order valence-electron chi connectivity index (χ3n) is 9.85. The van der Waals surface area contributed by atoms with E-state index in [0.717, 1.165) is 6.07 Å². The van der Waals surface area contributed by atoms with Gasteiger partial charge in [0.15, 0.2) is 9.84 Å². The minimum absolute atomic E-state index is 0.0159. The second kappa shape index (κ2) is 17.9. The van der Waals surface area contributed by atoms with Crippen molar-refractivity contribution >= 4 is 75.1 Å². The molecule has 1 saturated heterocycles. The minimum Gasteiger partial charge on any atom is -0.457 e. The molecule has 0 saturated carbocycles. The number of anilines is 6. The summed E-state index contributed by atoms with van der Waals surface area (Å²) in [6.07, 6.45) is -1.14. The van der Waals surface area contributed by atoms with Crippen molar-refractivity contribution in [3.05, 3.63) is 102 Å². The highest BCUT2D eigenvalue weighted by Gasteiger charge is 2.33. The molecule has 2 aliphatic heterocycles. The van der Waals surface area contributed by atoms with E-state index in [9.17, 15) is 47.2 Å². The lowest BCUT2D eigenvalue weighted by Crippen LogP contribution is -2.37. The van der Waals surface area contributed by atoms with Gasteiger partial charge in [0.25, 0.3) is 20.2 Å². The molecule has 0 amide bonds. The lowest BCUT2D eigenvalue weighted by Gasteiger charge is -2.31. The molecule has 1 aromatic heterocycles. The molecule has 2 aliphatic rings. The van der Waals surface area contributed by atoms with Crippen LogP contribution in [-0.4, -0.2) is 120 Å². The van der Waals surface area contributed by atoms with Crippen LogP contribution in [0.15, 0.2) is 88.7 Å². The number of nitrogens with zero attached hydrogens (tertiary/aromatic N) is 5. The average Bonchev–Trinajstić information content (AvgIpc) is 3.20. The van der Waals surface area contributed by atoms with Gasteiger partial charge in [-0.05, 0) is 42.0 Å². The van der Waals surface area contributed by atoms with Gasteiger partial charge in [-0.25, -0.2) is 12.6 Å². The van der Waals surface area contributed by atoms with Gasteiger partial charge in [-0.1, -0.05) is 30.3 Å². The first-order valence-corrected chi connectivity index (χ1v) is 24.7. The van der Waals surface area contributed by atoms with Crippen molar-refractivity contribution in [2.75, 3.05) is 78.4 Å². The summed E-state index contributed by atoms with van der Waals surface area (Å²) in [6, 6.07) is 19.5. The molecule has 0 bridgehead atoms. The van der Waals surface area contributed by atoms with E-state index in [1.165, 1.54) is 24.3 Å². The summed E-state index contributed by atoms with van der Waals surface area (Å²) in [5.41, 5.74) is 2.10. The van der Waals surface area contributed by atoms with Crippen LogP contribution in [0.2, 0.25) is 0 Å². The number of rotatable bonds is 16. The van der Waals surface area contributed by atoms with Crippen molar-refractivity contribution in [1.29, 1.82) is 0 Å². The van der Waals surface area contributed by atoms with E-state index in [4.69, 9.17) is 14.0 Å². The van der Waals surface area contributed by atoms with Gasteiger partial charge in [0.1, 0.15) is 16.4 Å². The Morgan fingerprint density at radius 1 is 0.762 bits per heavy atom. The average molecular weight is 952 g/mol. The molecule has 5 N–H and O–H groups in total. The highest BCUT2D eigenvalue weighted by molar-refractivity contribution is 7.91. The van der Waals surface area contributed by atoms with Gasteiger partial charge in [0.05, 0.1) is 41.9 Å². The van der Waals surface area contributed by atoms with E-state index in [0.29, 0.717) is 48.8 Å². The first kappa shape index (κ1) is 45.4. The van der Waals surface area contributed by atoms with Crippen LogP contribution in [0.4, 0.5) is 39.0 Å². The first-order chi connectivity index (χ1) is 29.6. The maximum atomic E-state index is 14.6. The minimum atomic E-state index is -4.83. The topological polar surface area (TPSA) is 294 Å². The monoisotopic (exact) mass is 951 g/mol. The van der Waals surface area contributed by atoms with Crippen LogP contribution in [0, 0.1) is 6.08 Å². The van der Waals surface area contributed by atoms with Crippen molar-refractivity contribution in [3.63, 3.8) is 0 Å². The third kappa shape index (κ3) is 11.1. The largest absolute Gasteiger partial charge is 0.457 e. The zero-order valence-corrected chi connectivity index (χ0v) is 36.1. The number of sulfone groups is 1. The van der Waals surface area contributed by atoms with Gasteiger partial charge in [-0.15, -0.1) is 0 Å². The van der Waals surface area contributed by atoms with Crippen molar-refractivity contribution < 1.29 is 65.4 Å². The molecular formula is C37H38FN7O14S4. The normalized spacial score (nSPS) is 15.5. The number of aromatic nitrogens is 3.